The molecule has 1 aliphatic carbocycles. The van der Waals surface area contributed by atoms with E-state index in [1.807, 2.05) is 7.05 Å². The molecule has 6 heteroatoms. The standard InChI is InChI=1S/C17H36N4O.HI/c1-14(2)21(15(3)4)10-9-19-17(18-5)20(6)11-12-22-13-16-7-8-16;/h14-16H,7-13H2,1-6H3,(H,18,19);1H. The molecule has 0 amide bonds. The number of nitrogens with one attached hydrogen (secondary N) is 1. The molecule has 0 aromatic heterocycles. The van der Waals surface area contributed by atoms with Crippen molar-refractivity contribution in [2.75, 3.05) is 46.9 Å². The molecule has 1 rings (SSSR count). The molecular weight excluding hydrogens is 403 g/mol. The summed E-state index contributed by atoms with van der Waals surface area (Å²) in [4.78, 5) is 8.98. The van der Waals surface area contributed by atoms with Crippen molar-refractivity contribution in [2.24, 2.45) is 10.9 Å². The Kier molecular flexibility index (Phi) is 12.3. The second-order valence-electron chi connectivity index (χ2n) is 6.84. The van der Waals surface area contributed by atoms with Crippen LogP contribution >= 0.6 is 24.0 Å². The highest BCUT2D eigenvalue weighted by Crippen LogP contribution is 2.28. The lowest BCUT2D eigenvalue weighted by atomic mass is 10.2. The smallest absolute Gasteiger partial charge is 0.193 e. The average molecular weight is 440 g/mol. The third-order valence-corrected chi connectivity index (χ3v) is 4.17. The minimum atomic E-state index is 0. The van der Waals surface area contributed by atoms with E-state index in [0.29, 0.717) is 12.1 Å². The molecular formula is C17H37IN4O. The summed E-state index contributed by atoms with van der Waals surface area (Å²) in [7, 11) is 3.91. The van der Waals surface area contributed by atoms with E-state index in [9.17, 15) is 0 Å². The molecule has 1 saturated carbocycles. The quantitative estimate of drug-likeness (QED) is 0.246. The highest BCUT2D eigenvalue weighted by atomic mass is 127. The third kappa shape index (κ3) is 9.72. The Bertz CT molecular complexity index is 325. The molecule has 5 nitrogen and oxygen atoms in total. The number of rotatable bonds is 10. The molecule has 0 radical (unpaired) electrons. The number of halogens is 1. The maximum absolute atomic E-state index is 5.70. The van der Waals surface area contributed by atoms with Crippen molar-refractivity contribution in [3.05, 3.63) is 0 Å². The highest BCUT2D eigenvalue weighted by Gasteiger charge is 2.21. The summed E-state index contributed by atoms with van der Waals surface area (Å²) in [6.45, 7) is 13.5. The van der Waals surface area contributed by atoms with Gasteiger partial charge in [0.15, 0.2) is 5.96 Å². The van der Waals surface area contributed by atoms with Crippen molar-refractivity contribution in [1.82, 2.24) is 15.1 Å². The van der Waals surface area contributed by atoms with Gasteiger partial charge < -0.3 is 15.0 Å². The summed E-state index contributed by atoms with van der Waals surface area (Å²) in [5.41, 5.74) is 0. The van der Waals surface area contributed by atoms with Gasteiger partial charge in [-0.1, -0.05) is 0 Å². The van der Waals surface area contributed by atoms with Crippen molar-refractivity contribution in [1.29, 1.82) is 0 Å². The molecule has 0 spiro atoms. The van der Waals surface area contributed by atoms with E-state index in [4.69, 9.17) is 4.74 Å². The van der Waals surface area contributed by atoms with Gasteiger partial charge >= 0.3 is 0 Å². The third-order valence-electron chi connectivity index (χ3n) is 4.17. The molecule has 1 aliphatic rings. The van der Waals surface area contributed by atoms with Gasteiger partial charge in [-0.05, 0) is 46.5 Å². The highest BCUT2D eigenvalue weighted by molar-refractivity contribution is 14.0. The zero-order valence-electron chi connectivity index (χ0n) is 15.8. The average Bonchev–Trinajstić information content (AvgIpc) is 3.26. The van der Waals surface area contributed by atoms with E-state index in [1.165, 1.54) is 12.8 Å². The largest absolute Gasteiger partial charge is 0.379 e. The summed E-state index contributed by atoms with van der Waals surface area (Å²) >= 11 is 0. The molecule has 0 unspecified atom stereocenters. The van der Waals surface area contributed by atoms with Crippen molar-refractivity contribution < 1.29 is 4.74 Å². The van der Waals surface area contributed by atoms with Gasteiger partial charge in [0.05, 0.1) is 6.61 Å². The summed E-state index contributed by atoms with van der Waals surface area (Å²) in [6, 6.07) is 1.13. The zero-order chi connectivity index (χ0) is 16.5. The molecule has 23 heavy (non-hydrogen) atoms. The van der Waals surface area contributed by atoms with Gasteiger partial charge in [0.2, 0.25) is 0 Å². The molecule has 0 saturated heterocycles. The zero-order valence-corrected chi connectivity index (χ0v) is 18.2. The fourth-order valence-electron chi connectivity index (χ4n) is 2.64. The predicted octanol–water partition coefficient (Wildman–Crippen LogP) is 2.66. The lowest BCUT2D eigenvalue weighted by Crippen LogP contribution is -2.46. The Balaban J connectivity index is 0.00000484. The lowest BCUT2D eigenvalue weighted by Gasteiger charge is -2.31. The SMILES string of the molecule is CN=C(NCCN(C(C)C)C(C)C)N(C)CCOCC1CC1.I. The van der Waals surface area contributed by atoms with Crippen LogP contribution in [-0.4, -0.2) is 74.8 Å². The molecule has 1 N–H and O–H groups in total. The van der Waals surface area contributed by atoms with Crippen LogP contribution in [-0.2, 0) is 4.74 Å². The Morgan fingerprint density at radius 1 is 1.17 bits per heavy atom. The van der Waals surface area contributed by atoms with E-state index in [1.54, 1.807) is 0 Å². The second-order valence-corrected chi connectivity index (χ2v) is 6.84. The molecule has 0 heterocycles. The van der Waals surface area contributed by atoms with Gasteiger partial charge in [-0.25, -0.2) is 0 Å². The molecule has 0 aromatic carbocycles. The molecule has 0 aliphatic heterocycles. The molecule has 138 valence electrons. The first kappa shape index (κ1) is 22.9. The van der Waals surface area contributed by atoms with Crippen LogP contribution in [0.5, 0.6) is 0 Å². The minimum Gasteiger partial charge on any atom is -0.379 e. The van der Waals surface area contributed by atoms with Gasteiger partial charge in [-0.3, -0.25) is 9.89 Å². The first-order valence-corrected chi connectivity index (χ1v) is 8.71. The van der Waals surface area contributed by atoms with Gasteiger partial charge in [0.1, 0.15) is 0 Å². The van der Waals surface area contributed by atoms with Crippen LogP contribution in [0.25, 0.3) is 0 Å². The second kappa shape index (κ2) is 12.3. The molecule has 0 bridgehead atoms. The van der Waals surface area contributed by atoms with Crippen molar-refractivity contribution >= 4 is 29.9 Å². The number of ether oxygens (including phenoxy) is 1. The van der Waals surface area contributed by atoms with Crippen molar-refractivity contribution in [3.63, 3.8) is 0 Å². The van der Waals surface area contributed by atoms with Crippen LogP contribution in [0.1, 0.15) is 40.5 Å². The van der Waals surface area contributed by atoms with Crippen molar-refractivity contribution in [3.8, 4) is 0 Å². The fraction of sp³-hybridized carbons (Fsp3) is 0.941. The van der Waals surface area contributed by atoms with Gasteiger partial charge in [0.25, 0.3) is 0 Å². The number of aliphatic imine (C=N–C) groups is 1. The van der Waals surface area contributed by atoms with E-state index < -0.39 is 0 Å². The first-order valence-electron chi connectivity index (χ1n) is 8.71. The maximum atomic E-state index is 5.70. The topological polar surface area (TPSA) is 40.1 Å². The van der Waals surface area contributed by atoms with Gasteiger partial charge in [0, 0.05) is 52.4 Å². The Labute approximate surface area is 160 Å². The normalized spacial score (nSPS) is 15.3. The summed E-state index contributed by atoms with van der Waals surface area (Å²) in [6.07, 6.45) is 2.70. The number of nitrogens with zero attached hydrogens (tertiary/aromatic N) is 3. The van der Waals surface area contributed by atoms with E-state index in [-0.39, 0.29) is 24.0 Å². The van der Waals surface area contributed by atoms with Gasteiger partial charge in [-0.15, -0.1) is 24.0 Å². The molecule has 1 fully saturated rings. The monoisotopic (exact) mass is 440 g/mol. The van der Waals surface area contributed by atoms with Crippen LogP contribution in [0, 0.1) is 5.92 Å². The summed E-state index contributed by atoms with van der Waals surface area (Å²) in [5, 5.41) is 3.45. The van der Waals surface area contributed by atoms with E-state index >= 15 is 0 Å². The summed E-state index contributed by atoms with van der Waals surface area (Å²) in [5.74, 6) is 1.78. The van der Waals surface area contributed by atoms with Crippen molar-refractivity contribution in [2.45, 2.75) is 52.6 Å². The van der Waals surface area contributed by atoms with Crippen LogP contribution in [0.4, 0.5) is 0 Å². The minimum absolute atomic E-state index is 0. The number of guanidine groups is 1. The van der Waals surface area contributed by atoms with Crippen LogP contribution in [0.2, 0.25) is 0 Å². The maximum Gasteiger partial charge on any atom is 0.193 e. The number of likely N-dealkylation sites (N-methyl/N-ethyl adjacent to an activating group) is 1. The molecule has 0 atom stereocenters. The molecule has 0 aromatic rings. The Hall–Kier alpha value is -0.0800. The Morgan fingerprint density at radius 3 is 2.26 bits per heavy atom. The summed E-state index contributed by atoms with van der Waals surface area (Å²) < 4.78 is 5.70. The Morgan fingerprint density at radius 2 is 1.78 bits per heavy atom. The van der Waals surface area contributed by atoms with Crippen LogP contribution in [0.3, 0.4) is 0 Å². The fourth-order valence-corrected chi connectivity index (χ4v) is 2.64. The predicted molar refractivity (Wildman–Crippen MR) is 110 cm³/mol. The van der Waals surface area contributed by atoms with Crippen LogP contribution in [0.15, 0.2) is 4.99 Å². The lowest BCUT2D eigenvalue weighted by molar-refractivity contribution is 0.115. The van der Waals surface area contributed by atoms with Gasteiger partial charge in [-0.2, -0.15) is 0 Å². The first-order chi connectivity index (χ1) is 10.5. The number of hydrogen-bond donors (Lipinski definition) is 1. The number of hydrogen-bond acceptors (Lipinski definition) is 3. The van der Waals surface area contributed by atoms with E-state index in [0.717, 1.165) is 44.7 Å². The van der Waals surface area contributed by atoms with E-state index in [2.05, 4.69) is 54.9 Å². The van der Waals surface area contributed by atoms with Crippen LogP contribution < -0.4 is 5.32 Å².